The van der Waals surface area contributed by atoms with E-state index in [-0.39, 0.29) is 17.9 Å². The van der Waals surface area contributed by atoms with Crippen LogP contribution in [0.1, 0.15) is 16.7 Å². The number of anilines is 1. The summed E-state index contributed by atoms with van der Waals surface area (Å²) in [6.07, 6.45) is 1.50. The van der Waals surface area contributed by atoms with Crippen molar-refractivity contribution in [2.24, 2.45) is 0 Å². The quantitative estimate of drug-likeness (QED) is 0.0951. The van der Waals surface area contributed by atoms with Gasteiger partial charge in [-0.3, -0.25) is 14.9 Å². The average molecular weight is 700 g/mol. The number of non-ortho nitro benzene ring substituents is 1. The van der Waals surface area contributed by atoms with E-state index in [0.717, 1.165) is 12.7 Å². The Morgan fingerprint density at radius 1 is 1.21 bits per heavy atom. The molecule has 1 N–H and O–H groups in total. The molecule has 0 saturated carbocycles. The summed E-state index contributed by atoms with van der Waals surface area (Å²) in [5.74, 6) is 0.0752. The molecule has 0 radical (unpaired) electrons. The van der Waals surface area contributed by atoms with Crippen molar-refractivity contribution >= 4 is 80.1 Å². The number of amides is 1. The molecule has 10 heteroatoms. The number of nitro groups is 1. The van der Waals surface area contributed by atoms with Crippen LogP contribution in [0, 0.1) is 35.5 Å². The van der Waals surface area contributed by atoms with Crippen LogP contribution in [-0.4, -0.2) is 10.8 Å². The third kappa shape index (κ3) is 6.68. The standard InChI is InChI=1S/C24H16ClI2N3O4/c1-14-5-6-18(25)11-22(14)29-24(31)17(12-28)7-16-9-20(26)23(21(27)10-16)34-13-15-3-2-4-19(8-15)30(32)33/h2-11H,13H2,1H3,(H,29,31)/b17-7+. The van der Waals surface area contributed by atoms with Gasteiger partial charge in [-0.2, -0.15) is 5.26 Å². The van der Waals surface area contributed by atoms with Crippen LogP contribution in [0.4, 0.5) is 11.4 Å². The van der Waals surface area contributed by atoms with Gasteiger partial charge in [-0.25, -0.2) is 0 Å². The van der Waals surface area contributed by atoms with Gasteiger partial charge in [-0.1, -0.05) is 29.8 Å². The molecule has 0 unspecified atom stereocenters. The molecule has 0 aromatic heterocycles. The number of aryl methyl sites for hydroxylation is 1. The van der Waals surface area contributed by atoms with Crippen molar-refractivity contribution in [3.05, 3.63) is 99.1 Å². The van der Waals surface area contributed by atoms with E-state index in [9.17, 15) is 20.2 Å². The number of nitrogens with one attached hydrogen (secondary N) is 1. The topological polar surface area (TPSA) is 105 Å². The second-order valence-electron chi connectivity index (χ2n) is 7.11. The van der Waals surface area contributed by atoms with Gasteiger partial charge in [0, 0.05) is 22.8 Å². The minimum Gasteiger partial charge on any atom is -0.487 e. The van der Waals surface area contributed by atoms with Crippen LogP contribution in [0.2, 0.25) is 5.02 Å². The van der Waals surface area contributed by atoms with E-state index in [1.54, 1.807) is 42.5 Å². The van der Waals surface area contributed by atoms with Gasteiger partial charge in [0.1, 0.15) is 24.0 Å². The smallest absolute Gasteiger partial charge is 0.269 e. The van der Waals surface area contributed by atoms with Crippen LogP contribution in [0.3, 0.4) is 0 Å². The predicted octanol–water partition coefficient (Wildman–Crippen LogP) is 6.89. The highest BCUT2D eigenvalue weighted by Gasteiger charge is 2.14. The van der Waals surface area contributed by atoms with Gasteiger partial charge in [-0.15, -0.1) is 0 Å². The number of benzene rings is 3. The number of nitrogens with zero attached hydrogens (tertiary/aromatic N) is 2. The van der Waals surface area contributed by atoms with Gasteiger partial charge in [0.15, 0.2) is 0 Å². The summed E-state index contributed by atoms with van der Waals surface area (Å²) in [6.45, 7) is 1.99. The number of rotatable bonds is 7. The van der Waals surface area contributed by atoms with Crippen molar-refractivity contribution in [1.29, 1.82) is 5.26 Å². The SMILES string of the molecule is Cc1ccc(Cl)cc1NC(=O)/C(C#N)=C/c1cc(I)c(OCc2cccc([N+](=O)[O-])c2)c(I)c1. The van der Waals surface area contributed by atoms with E-state index in [4.69, 9.17) is 16.3 Å². The summed E-state index contributed by atoms with van der Waals surface area (Å²) in [5, 5.41) is 23.7. The highest BCUT2D eigenvalue weighted by atomic mass is 127. The lowest BCUT2D eigenvalue weighted by molar-refractivity contribution is -0.384. The Morgan fingerprint density at radius 2 is 1.91 bits per heavy atom. The first-order valence-corrected chi connectivity index (χ1v) is 12.3. The van der Waals surface area contributed by atoms with Crippen LogP contribution >= 0.6 is 56.8 Å². The molecular weight excluding hydrogens is 684 g/mol. The number of hydrogen-bond acceptors (Lipinski definition) is 5. The molecule has 0 aliphatic rings. The van der Waals surface area contributed by atoms with Gasteiger partial charge in [0.25, 0.3) is 11.6 Å². The number of ether oxygens (including phenoxy) is 1. The maximum absolute atomic E-state index is 12.7. The third-order valence-corrected chi connectivity index (χ3v) is 6.49. The van der Waals surface area contributed by atoms with Gasteiger partial charge in [0.05, 0.1) is 12.1 Å². The summed E-state index contributed by atoms with van der Waals surface area (Å²) in [4.78, 5) is 23.2. The Morgan fingerprint density at radius 3 is 2.56 bits per heavy atom. The summed E-state index contributed by atoms with van der Waals surface area (Å²) < 4.78 is 7.45. The van der Waals surface area contributed by atoms with E-state index >= 15 is 0 Å². The number of nitriles is 1. The number of hydrogen-bond donors (Lipinski definition) is 1. The molecule has 0 spiro atoms. The first-order chi connectivity index (χ1) is 16.2. The molecular formula is C24H16ClI2N3O4. The van der Waals surface area contributed by atoms with Crippen molar-refractivity contribution in [3.8, 4) is 11.8 Å². The molecule has 1 amide bonds. The second kappa shape index (κ2) is 11.6. The highest BCUT2D eigenvalue weighted by Crippen LogP contribution is 2.31. The molecule has 0 heterocycles. The maximum atomic E-state index is 12.7. The van der Waals surface area contributed by atoms with Gasteiger partial charge < -0.3 is 10.1 Å². The summed E-state index contributed by atoms with van der Waals surface area (Å²) >= 11 is 10.2. The zero-order valence-electron chi connectivity index (χ0n) is 17.6. The summed E-state index contributed by atoms with van der Waals surface area (Å²) in [7, 11) is 0. The van der Waals surface area contributed by atoms with E-state index in [0.29, 0.717) is 27.6 Å². The van der Waals surface area contributed by atoms with E-state index in [1.165, 1.54) is 18.2 Å². The molecule has 3 aromatic carbocycles. The number of carbonyl (C=O) groups is 1. The fourth-order valence-corrected chi connectivity index (χ4v) is 5.25. The zero-order valence-corrected chi connectivity index (χ0v) is 22.7. The lowest BCUT2D eigenvalue weighted by atomic mass is 10.1. The molecule has 0 fully saturated rings. The first kappa shape index (κ1) is 25.9. The molecule has 0 saturated heterocycles. The van der Waals surface area contributed by atoms with Crippen LogP contribution in [0.25, 0.3) is 6.08 Å². The molecule has 0 atom stereocenters. The molecule has 0 bridgehead atoms. The predicted molar refractivity (Wildman–Crippen MR) is 148 cm³/mol. The van der Waals surface area contributed by atoms with Gasteiger partial charge >= 0.3 is 0 Å². The normalized spacial score (nSPS) is 11.0. The molecule has 0 aliphatic heterocycles. The van der Waals surface area contributed by atoms with Crippen molar-refractivity contribution in [2.45, 2.75) is 13.5 Å². The largest absolute Gasteiger partial charge is 0.487 e. The molecule has 172 valence electrons. The summed E-state index contributed by atoms with van der Waals surface area (Å²) in [6, 6.07) is 16.9. The minimum absolute atomic E-state index is 0.00116. The first-order valence-electron chi connectivity index (χ1n) is 9.72. The van der Waals surface area contributed by atoms with E-state index in [1.807, 2.05) is 13.0 Å². The van der Waals surface area contributed by atoms with Crippen LogP contribution < -0.4 is 10.1 Å². The van der Waals surface area contributed by atoms with Gasteiger partial charge in [0.2, 0.25) is 0 Å². The average Bonchev–Trinajstić information content (AvgIpc) is 2.79. The lowest BCUT2D eigenvalue weighted by Gasteiger charge is -2.12. The lowest BCUT2D eigenvalue weighted by Crippen LogP contribution is -2.14. The Balaban J connectivity index is 1.79. The monoisotopic (exact) mass is 699 g/mol. The van der Waals surface area contributed by atoms with Crippen LogP contribution in [-0.2, 0) is 11.4 Å². The molecule has 34 heavy (non-hydrogen) atoms. The third-order valence-electron chi connectivity index (χ3n) is 4.65. The minimum atomic E-state index is -0.538. The van der Waals surface area contributed by atoms with Crippen molar-refractivity contribution in [1.82, 2.24) is 0 Å². The van der Waals surface area contributed by atoms with E-state index < -0.39 is 10.8 Å². The second-order valence-corrected chi connectivity index (χ2v) is 9.87. The van der Waals surface area contributed by atoms with Gasteiger partial charge in [-0.05, 0) is 99.1 Å². The molecule has 3 rings (SSSR count). The van der Waals surface area contributed by atoms with Crippen molar-refractivity contribution in [3.63, 3.8) is 0 Å². The fourth-order valence-electron chi connectivity index (χ4n) is 2.95. The Hall–Kier alpha value is -2.69. The maximum Gasteiger partial charge on any atom is 0.269 e. The highest BCUT2D eigenvalue weighted by molar-refractivity contribution is 14.1. The number of nitro benzene ring substituents is 1. The Bertz CT molecular complexity index is 1330. The zero-order chi connectivity index (χ0) is 24.8. The van der Waals surface area contributed by atoms with Crippen molar-refractivity contribution < 1.29 is 14.5 Å². The Labute approximate surface area is 228 Å². The Kier molecular flexibility index (Phi) is 8.87. The molecule has 3 aromatic rings. The van der Waals surface area contributed by atoms with Crippen LogP contribution in [0.15, 0.2) is 60.2 Å². The molecule has 7 nitrogen and oxygen atoms in total. The molecule has 0 aliphatic carbocycles. The fraction of sp³-hybridized carbons (Fsp3) is 0.0833. The summed E-state index contributed by atoms with van der Waals surface area (Å²) in [5.41, 5.74) is 2.63. The van der Waals surface area contributed by atoms with Crippen molar-refractivity contribution in [2.75, 3.05) is 5.32 Å². The number of halogens is 3. The van der Waals surface area contributed by atoms with E-state index in [2.05, 4.69) is 50.5 Å². The number of carbonyl (C=O) groups excluding carboxylic acids is 1. The van der Waals surface area contributed by atoms with Crippen LogP contribution in [0.5, 0.6) is 5.75 Å².